The molecule has 1 heterocycles. The van der Waals surface area contributed by atoms with Crippen LogP contribution in [0.25, 0.3) is 0 Å². The summed E-state index contributed by atoms with van der Waals surface area (Å²) in [6.07, 6.45) is 7.92. The van der Waals surface area contributed by atoms with E-state index in [1.807, 2.05) is 0 Å². The lowest BCUT2D eigenvalue weighted by Gasteiger charge is -2.47. The number of hydrogen-bond donors (Lipinski definition) is 0. The van der Waals surface area contributed by atoms with Gasteiger partial charge in [0.2, 0.25) is 0 Å². The van der Waals surface area contributed by atoms with Gasteiger partial charge in [-0.25, -0.2) is 0 Å². The highest BCUT2D eigenvalue weighted by Gasteiger charge is 2.38. The van der Waals surface area contributed by atoms with Crippen molar-refractivity contribution in [1.29, 1.82) is 0 Å². The van der Waals surface area contributed by atoms with Crippen molar-refractivity contribution < 1.29 is 9.47 Å². The van der Waals surface area contributed by atoms with Crippen LogP contribution in [0.2, 0.25) is 0 Å². The molecular formula is C24H47NO2. The number of likely N-dealkylation sites (tertiary alicyclic amines) is 1. The van der Waals surface area contributed by atoms with E-state index in [2.05, 4.69) is 60.3 Å². The summed E-state index contributed by atoms with van der Waals surface area (Å²) in [7, 11) is 0. The number of ether oxygens (including phenoxy) is 2. The minimum Gasteiger partial charge on any atom is -0.376 e. The SMILES string of the molecule is CCCC(C)(C)OC1CC(CN2CCC(CCOC(C)(C)C)C(C)C2C)C1. The van der Waals surface area contributed by atoms with Crippen molar-refractivity contribution in [2.75, 3.05) is 19.7 Å². The standard InChI is InChI=1S/C24H47NO2/c1-9-12-24(7,8)27-22-15-20(16-22)17-25-13-10-21(18(2)19(25)3)11-14-26-23(4,5)6/h18-22H,9-17H2,1-8H3. The van der Waals surface area contributed by atoms with Crippen molar-refractivity contribution in [1.82, 2.24) is 4.90 Å². The zero-order chi connectivity index (χ0) is 20.2. The van der Waals surface area contributed by atoms with E-state index in [-0.39, 0.29) is 11.2 Å². The molecule has 1 aliphatic heterocycles. The molecule has 0 amide bonds. The topological polar surface area (TPSA) is 21.7 Å². The minimum absolute atomic E-state index is 0.00984. The van der Waals surface area contributed by atoms with Gasteiger partial charge in [0.15, 0.2) is 0 Å². The first-order chi connectivity index (χ1) is 12.5. The number of hydrogen-bond acceptors (Lipinski definition) is 3. The summed E-state index contributed by atoms with van der Waals surface area (Å²) in [5, 5.41) is 0. The molecule has 0 aromatic carbocycles. The number of nitrogens with zero attached hydrogens (tertiary/aromatic N) is 1. The molecule has 3 heteroatoms. The number of piperidine rings is 1. The van der Waals surface area contributed by atoms with Crippen molar-refractivity contribution in [2.45, 2.75) is 117 Å². The first-order valence-electron chi connectivity index (χ1n) is 11.6. The summed E-state index contributed by atoms with van der Waals surface area (Å²) in [6, 6.07) is 0.690. The molecule has 3 unspecified atom stereocenters. The Hall–Kier alpha value is -0.120. The molecule has 160 valence electrons. The Morgan fingerprint density at radius 3 is 2.30 bits per heavy atom. The first-order valence-corrected chi connectivity index (χ1v) is 11.6. The Bertz CT molecular complexity index is 436. The third-order valence-corrected chi connectivity index (χ3v) is 6.91. The molecule has 0 spiro atoms. The van der Waals surface area contributed by atoms with Crippen molar-refractivity contribution >= 4 is 0 Å². The van der Waals surface area contributed by atoms with Crippen LogP contribution in [0.1, 0.15) is 93.9 Å². The van der Waals surface area contributed by atoms with Gasteiger partial charge in [0.25, 0.3) is 0 Å². The van der Waals surface area contributed by atoms with Gasteiger partial charge in [-0.3, -0.25) is 0 Å². The van der Waals surface area contributed by atoms with Crippen LogP contribution in [-0.4, -0.2) is 47.9 Å². The fourth-order valence-corrected chi connectivity index (χ4v) is 5.07. The maximum Gasteiger partial charge on any atom is 0.0630 e. The highest BCUT2D eigenvalue weighted by Crippen LogP contribution is 2.38. The fourth-order valence-electron chi connectivity index (χ4n) is 5.07. The van der Waals surface area contributed by atoms with E-state index >= 15 is 0 Å². The Morgan fingerprint density at radius 2 is 1.70 bits per heavy atom. The van der Waals surface area contributed by atoms with Crippen LogP contribution in [-0.2, 0) is 9.47 Å². The van der Waals surface area contributed by atoms with Crippen LogP contribution in [0.4, 0.5) is 0 Å². The van der Waals surface area contributed by atoms with Crippen molar-refractivity contribution in [3.63, 3.8) is 0 Å². The summed E-state index contributed by atoms with van der Waals surface area (Å²) in [4.78, 5) is 2.75. The highest BCUT2D eigenvalue weighted by molar-refractivity contribution is 4.90. The first kappa shape index (κ1) is 23.2. The maximum atomic E-state index is 6.34. The van der Waals surface area contributed by atoms with E-state index in [0.29, 0.717) is 12.1 Å². The van der Waals surface area contributed by atoms with Gasteiger partial charge in [0, 0.05) is 19.2 Å². The van der Waals surface area contributed by atoms with Crippen molar-refractivity contribution in [3.05, 3.63) is 0 Å². The lowest BCUT2D eigenvalue weighted by Crippen LogP contribution is -2.51. The Kier molecular flexibility index (Phi) is 8.22. The lowest BCUT2D eigenvalue weighted by atomic mass is 9.77. The fraction of sp³-hybridized carbons (Fsp3) is 1.00. The molecule has 1 saturated heterocycles. The molecule has 2 aliphatic rings. The summed E-state index contributed by atoms with van der Waals surface area (Å²) in [5.41, 5.74) is 0.0454. The van der Waals surface area contributed by atoms with E-state index in [1.54, 1.807) is 0 Å². The molecule has 3 nitrogen and oxygen atoms in total. The summed E-state index contributed by atoms with van der Waals surface area (Å²) in [5.74, 6) is 2.41. The van der Waals surface area contributed by atoms with E-state index in [4.69, 9.17) is 9.47 Å². The third-order valence-electron chi connectivity index (χ3n) is 6.91. The lowest BCUT2D eigenvalue weighted by molar-refractivity contribution is -0.130. The van der Waals surface area contributed by atoms with E-state index in [1.165, 1.54) is 45.2 Å². The van der Waals surface area contributed by atoms with Crippen molar-refractivity contribution in [3.8, 4) is 0 Å². The summed E-state index contributed by atoms with van der Waals surface area (Å²) in [6.45, 7) is 21.5. The quantitative estimate of drug-likeness (QED) is 0.495. The second-order valence-corrected chi connectivity index (χ2v) is 11.0. The molecule has 0 bridgehead atoms. The highest BCUT2D eigenvalue weighted by atomic mass is 16.5. The Morgan fingerprint density at radius 1 is 1.04 bits per heavy atom. The van der Waals surface area contributed by atoms with Gasteiger partial charge in [-0.05, 0) is 97.9 Å². The smallest absolute Gasteiger partial charge is 0.0630 e. The van der Waals surface area contributed by atoms with Gasteiger partial charge in [-0.2, -0.15) is 0 Å². The van der Waals surface area contributed by atoms with Gasteiger partial charge in [0.1, 0.15) is 0 Å². The second-order valence-electron chi connectivity index (χ2n) is 11.0. The monoisotopic (exact) mass is 381 g/mol. The molecule has 1 aliphatic carbocycles. The van der Waals surface area contributed by atoms with Crippen molar-refractivity contribution in [2.24, 2.45) is 17.8 Å². The molecule has 0 aromatic heterocycles. The zero-order valence-electron chi connectivity index (χ0n) is 19.5. The minimum atomic E-state index is -0.00984. The van der Waals surface area contributed by atoms with Crippen LogP contribution in [0, 0.1) is 17.8 Å². The molecule has 1 saturated carbocycles. The van der Waals surface area contributed by atoms with Gasteiger partial charge >= 0.3 is 0 Å². The molecule has 0 aromatic rings. The normalized spacial score (nSPS) is 33.1. The molecule has 0 radical (unpaired) electrons. The van der Waals surface area contributed by atoms with Gasteiger partial charge in [-0.15, -0.1) is 0 Å². The van der Waals surface area contributed by atoms with Crippen LogP contribution >= 0.6 is 0 Å². The Labute approximate surface area is 169 Å². The molecule has 3 atom stereocenters. The average molecular weight is 382 g/mol. The van der Waals surface area contributed by atoms with Crippen LogP contribution < -0.4 is 0 Å². The molecule has 27 heavy (non-hydrogen) atoms. The van der Waals surface area contributed by atoms with E-state index in [0.717, 1.165) is 30.8 Å². The molecule has 0 N–H and O–H groups in total. The van der Waals surface area contributed by atoms with Crippen LogP contribution in [0.5, 0.6) is 0 Å². The summed E-state index contributed by atoms with van der Waals surface area (Å²) < 4.78 is 12.3. The van der Waals surface area contributed by atoms with Crippen LogP contribution in [0.3, 0.4) is 0 Å². The van der Waals surface area contributed by atoms with Gasteiger partial charge < -0.3 is 14.4 Å². The second kappa shape index (κ2) is 9.59. The maximum absolute atomic E-state index is 6.34. The molecule has 2 fully saturated rings. The third kappa shape index (κ3) is 7.33. The predicted octanol–water partition coefficient (Wildman–Crippen LogP) is 5.91. The largest absolute Gasteiger partial charge is 0.376 e. The van der Waals surface area contributed by atoms with Crippen LogP contribution in [0.15, 0.2) is 0 Å². The molecule has 2 rings (SSSR count). The predicted molar refractivity (Wildman–Crippen MR) is 115 cm³/mol. The van der Waals surface area contributed by atoms with Gasteiger partial charge in [0.05, 0.1) is 17.3 Å². The zero-order valence-corrected chi connectivity index (χ0v) is 19.5. The molecular weight excluding hydrogens is 334 g/mol. The van der Waals surface area contributed by atoms with E-state index < -0.39 is 0 Å². The van der Waals surface area contributed by atoms with Gasteiger partial charge in [-0.1, -0.05) is 20.3 Å². The Balaban J connectivity index is 1.69. The average Bonchev–Trinajstić information content (AvgIpc) is 2.50. The summed E-state index contributed by atoms with van der Waals surface area (Å²) >= 11 is 0. The van der Waals surface area contributed by atoms with E-state index in [9.17, 15) is 0 Å². The number of rotatable bonds is 9.